The van der Waals surface area contributed by atoms with E-state index in [0.717, 1.165) is 43.1 Å². The van der Waals surface area contributed by atoms with Crippen LogP contribution in [-0.2, 0) is 15.3 Å². The minimum Gasteiger partial charge on any atom is -0.388 e. The highest BCUT2D eigenvalue weighted by molar-refractivity contribution is 7.91. The van der Waals surface area contributed by atoms with Crippen LogP contribution in [0.1, 0.15) is 63.9 Å². The number of piperidine rings is 1. The van der Waals surface area contributed by atoms with Gasteiger partial charge >= 0.3 is 0 Å². The van der Waals surface area contributed by atoms with E-state index in [4.69, 9.17) is 5.10 Å². The second-order valence-electron chi connectivity index (χ2n) is 9.72. The zero-order valence-corrected chi connectivity index (χ0v) is 18.3. The Hall–Kier alpha value is -1.58. The van der Waals surface area contributed by atoms with Gasteiger partial charge in [-0.15, -0.1) is 10.2 Å². The van der Waals surface area contributed by atoms with E-state index in [1.54, 1.807) is 0 Å². The Morgan fingerprint density at radius 3 is 2.41 bits per heavy atom. The van der Waals surface area contributed by atoms with Crippen LogP contribution in [0.25, 0.3) is 5.65 Å². The number of β-amino-alcohol motifs (C(OH)–C–C–N with tert-alkyl or cyclic N) is 1. The molecule has 0 spiro atoms. The molecule has 0 bridgehead atoms. The van der Waals surface area contributed by atoms with E-state index in [9.17, 15) is 13.5 Å². The van der Waals surface area contributed by atoms with Crippen molar-refractivity contribution in [1.82, 2.24) is 24.7 Å². The maximum absolute atomic E-state index is 11.7. The molecule has 0 aliphatic carbocycles. The molecule has 2 aromatic rings. The fourth-order valence-electron chi connectivity index (χ4n) is 4.30. The van der Waals surface area contributed by atoms with Crippen molar-refractivity contribution in [3.05, 3.63) is 23.7 Å². The number of aromatic nitrogens is 4. The van der Waals surface area contributed by atoms with Crippen LogP contribution < -0.4 is 0 Å². The van der Waals surface area contributed by atoms with Gasteiger partial charge in [-0.25, -0.2) is 8.42 Å². The van der Waals surface area contributed by atoms with E-state index >= 15 is 0 Å². The lowest BCUT2D eigenvalue weighted by atomic mass is 9.91. The summed E-state index contributed by atoms with van der Waals surface area (Å²) in [6.07, 6.45) is 2.53. The van der Waals surface area contributed by atoms with Gasteiger partial charge in [-0.1, -0.05) is 20.8 Å². The molecular formula is C20H31N5O3S. The summed E-state index contributed by atoms with van der Waals surface area (Å²) in [6.45, 7) is 8.68. The maximum Gasteiger partial charge on any atom is 0.177 e. The Bertz CT molecular complexity index is 973. The van der Waals surface area contributed by atoms with Gasteiger partial charge in [-0.3, -0.25) is 0 Å². The molecule has 0 aromatic carbocycles. The van der Waals surface area contributed by atoms with Gasteiger partial charge in [-0.05, 0) is 50.9 Å². The lowest BCUT2D eigenvalue weighted by Crippen LogP contribution is -2.50. The van der Waals surface area contributed by atoms with Crippen LogP contribution in [-0.4, -0.2) is 75.0 Å². The first-order valence-corrected chi connectivity index (χ1v) is 12.2. The molecule has 0 radical (unpaired) electrons. The molecule has 160 valence electrons. The van der Waals surface area contributed by atoms with E-state index in [1.165, 1.54) is 0 Å². The average molecular weight is 422 g/mol. The van der Waals surface area contributed by atoms with Crippen molar-refractivity contribution in [3.63, 3.8) is 0 Å². The SMILES string of the molecule is CC(C)(C)c1ccc2nnc(C3CCN(CC4(O)CCS(=O)(=O)CC4)CC3)n2n1. The predicted molar refractivity (Wildman–Crippen MR) is 111 cm³/mol. The number of fused-ring (bicyclic) bond motifs is 1. The summed E-state index contributed by atoms with van der Waals surface area (Å²) >= 11 is 0. The monoisotopic (exact) mass is 421 g/mol. The van der Waals surface area contributed by atoms with E-state index in [0.29, 0.717) is 19.4 Å². The minimum atomic E-state index is -2.97. The quantitative estimate of drug-likeness (QED) is 0.802. The van der Waals surface area contributed by atoms with E-state index < -0.39 is 15.4 Å². The van der Waals surface area contributed by atoms with Crippen LogP contribution >= 0.6 is 0 Å². The topological polar surface area (TPSA) is 101 Å². The molecule has 2 fully saturated rings. The number of likely N-dealkylation sites (tertiary alicyclic amines) is 1. The molecule has 2 aliphatic heterocycles. The Morgan fingerprint density at radius 1 is 1.14 bits per heavy atom. The molecule has 0 unspecified atom stereocenters. The molecule has 0 atom stereocenters. The highest BCUT2D eigenvalue weighted by atomic mass is 32.2. The number of nitrogens with zero attached hydrogens (tertiary/aromatic N) is 5. The lowest BCUT2D eigenvalue weighted by Gasteiger charge is -2.39. The fourth-order valence-corrected chi connectivity index (χ4v) is 5.89. The second-order valence-corrected chi connectivity index (χ2v) is 12.0. The van der Waals surface area contributed by atoms with Crippen molar-refractivity contribution in [2.24, 2.45) is 0 Å². The van der Waals surface area contributed by atoms with Crippen molar-refractivity contribution in [2.75, 3.05) is 31.1 Å². The number of aliphatic hydroxyl groups is 1. The van der Waals surface area contributed by atoms with E-state index in [-0.39, 0.29) is 22.8 Å². The first-order chi connectivity index (χ1) is 13.5. The number of hydrogen-bond donors (Lipinski definition) is 1. The molecule has 1 N–H and O–H groups in total. The van der Waals surface area contributed by atoms with E-state index in [1.807, 2.05) is 16.6 Å². The van der Waals surface area contributed by atoms with Gasteiger partial charge in [0.05, 0.1) is 22.8 Å². The largest absolute Gasteiger partial charge is 0.388 e. The summed E-state index contributed by atoms with van der Waals surface area (Å²) < 4.78 is 25.2. The van der Waals surface area contributed by atoms with Crippen molar-refractivity contribution in [3.8, 4) is 0 Å². The first-order valence-electron chi connectivity index (χ1n) is 10.4. The van der Waals surface area contributed by atoms with Gasteiger partial charge < -0.3 is 10.0 Å². The average Bonchev–Trinajstić information content (AvgIpc) is 3.08. The summed E-state index contributed by atoms with van der Waals surface area (Å²) in [6, 6.07) is 3.99. The van der Waals surface area contributed by atoms with Crippen molar-refractivity contribution >= 4 is 15.5 Å². The van der Waals surface area contributed by atoms with Crippen molar-refractivity contribution < 1.29 is 13.5 Å². The Balaban J connectivity index is 1.42. The zero-order valence-electron chi connectivity index (χ0n) is 17.5. The van der Waals surface area contributed by atoms with Gasteiger partial charge in [-0.2, -0.15) is 9.61 Å². The van der Waals surface area contributed by atoms with Crippen LogP contribution in [0.2, 0.25) is 0 Å². The Labute approximate surface area is 172 Å². The summed E-state index contributed by atoms with van der Waals surface area (Å²) in [5.74, 6) is 1.37. The molecule has 29 heavy (non-hydrogen) atoms. The predicted octanol–water partition coefficient (Wildman–Crippen LogP) is 1.54. The summed E-state index contributed by atoms with van der Waals surface area (Å²) in [4.78, 5) is 2.26. The highest BCUT2D eigenvalue weighted by Crippen LogP contribution is 2.31. The van der Waals surface area contributed by atoms with Crippen LogP contribution in [0.4, 0.5) is 0 Å². The Morgan fingerprint density at radius 2 is 1.79 bits per heavy atom. The summed E-state index contributed by atoms with van der Waals surface area (Å²) in [7, 11) is -2.97. The molecule has 4 rings (SSSR count). The normalized spacial score (nSPS) is 23.4. The molecule has 2 aromatic heterocycles. The molecular weight excluding hydrogens is 390 g/mol. The van der Waals surface area contributed by atoms with Crippen LogP contribution in [0.3, 0.4) is 0 Å². The third kappa shape index (κ3) is 4.46. The number of sulfone groups is 1. The molecule has 0 amide bonds. The smallest absolute Gasteiger partial charge is 0.177 e. The lowest BCUT2D eigenvalue weighted by molar-refractivity contribution is -0.0107. The van der Waals surface area contributed by atoms with Gasteiger partial charge in [0, 0.05) is 17.9 Å². The van der Waals surface area contributed by atoms with Gasteiger partial charge in [0.2, 0.25) is 0 Å². The maximum atomic E-state index is 11.7. The number of rotatable bonds is 3. The van der Waals surface area contributed by atoms with Crippen molar-refractivity contribution in [2.45, 2.75) is 63.4 Å². The van der Waals surface area contributed by atoms with Crippen LogP contribution in [0.15, 0.2) is 12.1 Å². The summed E-state index contributed by atoms with van der Waals surface area (Å²) in [5.41, 5.74) is 0.858. The van der Waals surface area contributed by atoms with Gasteiger partial charge in [0.1, 0.15) is 0 Å². The number of hydrogen-bond acceptors (Lipinski definition) is 7. The van der Waals surface area contributed by atoms with Gasteiger partial charge in [0.15, 0.2) is 21.3 Å². The van der Waals surface area contributed by atoms with Crippen molar-refractivity contribution in [1.29, 1.82) is 0 Å². The first kappa shape index (κ1) is 20.7. The third-order valence-electron chi connectivity index (χ3n) is 6.28. The van der Waals surface area contributed by atoms with Crippen LogP contribution in [0.5, 0.6) is 0 Å². The molecule has 8 nitrogen and oxygen atoms in total. The molecule has 9 heteroatoms. The molecule has 2 saturated heterocycles. The fraction of sp³-hybridized carbons (Fsp3) is 0.750. The molecule has 4 heterocycles. The Kier molecular flexibility index (Phi) is 5.19. The zero-order chi connectivity index (χ0) is 20.9. The minimum absolute atomic E-state index is 0.0397. The standard InChI is InChI=1S/C20H31N5O3S/c1-19(2,3)16-4-5-17-21-22-18(25(17)23-16)15-6-10-24(11-7-15)14-20(26)8-12-29(27,28)13-9-20/h4-5,15,26H,6-14H2,1-3H3. The molecule has 2 aliphatic rings. The van der Waals surface area contributed by atoms with Gasteiger partial charge in [0.25, 0.3) is 0 Å². The van der Waals surface area contributed by atoms with Crippen LogP contribution in [0, 0.1) is 0 Å². The third-order valence-corrected chi connectivity index (χ3v) is 7.94. The second kappa shape index (κ2) is 7.28. The molecule has 0 saturated carbocycles. The highest BCUT2D eigenvalue weighted by Gasteiger charge is 2.38. The summed E-state index contributed by atoms with van der Waals surface area (Å²) in [5, 5.41) is 24.3. The van der Waals surface area contributed by atoms with E-state index in [2.05, 4.69) is 35.9 Å².